The van der Waals surface area contributed by atoms with E-state index in [-0.39, 0.29) is 18.4 Å². The highest BCUT2D eigenvalue weighted by Crippen LogP contribution is 2.17. The minimum Gasteiger partial charge on any atom is -0.361 e. The number of anilines is 2. The molecule has 0 aliphatic carbocycles. The summed E-state index contributed by atoms with van der Waals surface area (Å²) in [6, 6.07) is 17.9. The van der Waals surface area contributed by atoms with E-state index in [9.17, 15) is 9.59 Å². The number of hydrogen-bond donors (Lipinski definition) is 2. The second kappa shape index (κ2) is 8.96. The molecule has 3 aromatic rings. The van der Waals surface area contributed by atoms with Crippen LogP contribution in [0.4, 0.5) is 11.4 Å². The van der Waals surface area contributed by atoms with Gasteiger partial charge in [-0.15, -0.1) is 0 Å². The van der Waals surface area contributed by atoms with E-state index in [0.29, 0.717) is 23.5 Å². The van der Waals surface area contributed by atoms with Crippen LogP contribution in [0.3, 0.4) is 0 Å². The number of nitrogens with zero attached hydrogens (tertiary/aromatic N) is 2. The Bertz CT molecular complexity index is 953. The number of benzene rings is 2. The number of aryl methyl sites for hydroxylation is 1. The van der Waals surface area contributed by atoms with Gasteiger partial charge < -0.3 is 15.2 Å². The van der Waals surface area contributed by atoms with E-state index < -0.39 is 0 Å². The number of likely N-dealkylation sites (N-methyl/N-ethyl adjacent to an activating group) is 1. The molecule has 0 atom stereocenters. The normalized spacial score (nSPS) is 10.7. The Labute approximate surface area is 163 Å². The number of carbonyl (C=O) groups is 2. The number of hydrogen-bond acceptors (Lipinski definition) is 5. The van der Waals surface area contributed by atoms with Crippen LogP contribution in [0, 0.1) is 6.92 Å². The van der Waals surface area contributed by atoms with E-state index in [1.54, 1.807) is 36.4 Å². The molecule has 0 aliphatic rings. The van der Waals surface area contributed by atoms with Gasteiger partial charge in [-0.1, -0.05) is 35.5 Å². The number of nitrogens with one attached hydrogen (secondary N) is 2. The van der Waals surface area contributed by atoms with E-state index in [1.165, 1.54) is 0 Å². The van der Waals surface area contributed by atoms with Crippen molar-refractivity contribution in [3.63, 3.8) is 0 Å². The van der Waals surface area contributed by atoms with Crippen LogP contribution in [0.25, 0.3) is 0 Å². The minimum absolute atomic E-state index is 0.153. The summed E-state index contributed by atoms with van der Waals surface area (Å²) in [5.41, 5.74) is 2.31. The maximum absolute atomic E-state index is 12.6. The molecule has 1 heterocycles. The molecule has 0 bridgehead atoms. The Kier molecular flexibility index (Phi) is 6.18. The number of para-hydroxylation sites is 2. The molecule has 2 aromatic carbocycles. The zero-order valence-electron chi connectivity index (χ0n) is 15.8. The van der Waals surface area contributed by atoms with Crippen molar-refractivity contribution in [3.05, 3.63) is 77.7 Å². The number of aromatic nitrogens is 1. The van der Waals surface area contributed by atoms with Crippen LogP contribution in [-0.4, -0.2) is 35.5 Å². The highest BCUT2D eigenvalue weighted by Gasteiger charge is 2.15. The van der Waals surface area contributed by atoms with Crippen LogP contribution >= 0.6 is 0 Å². The topological polar surface area (TPSA) is 87.5 Å². The summed E-state index contributed by atoms with van der Waals surface area (Å²) in [7, 11) is 1.82. The molecule has 0 fully saturated rings. The van der Waals surface area contributed by atoms with Crippen molar-refractivity contribution < 1.29 is 14.1 Å². The summed E-state index contributed by atoms with van der Waals surface area (Å²) in [4.78, 5) is 26.8. The van der Waals surface area contributed by atoms with E-state index in [4.69, 9.17) is 4.52 Å². The first-order chi connectivity index (χ1) is 13.5. The smallest absolute Gasteiger partial charge is 0.257 e. The SMILES string of the molecule is Cc1cc(CN(C)CC(=O)Nc2ccccc2C(=O)Nc2ccccc2)no1. The van der Waals surface area contributed by atoms with E-state index >= 15 is 0 Å². The minimum atomic E-state index is -0.284. The lowest BCUT2D eigenvalue weighted by atomic mass is 10.1. The maximum Gasteiger partial charge on any atom is 0.257 e. The lowest BCUT2D eigenvalue weighted by Crippen LogP contribution is -2.30. The van der Waals surface area contributed by atoms with Crippen molar-refractivity contribution in [2.24, 2.45) is 0 Å². The zero-order chi connectivity index (χ0) is 19.9. The fourth-order valence-corrected chi connectivity index (χ4v) is 2.77. The fraction of sp³-hybridized carbons (Fsp3) is 0.190. The first-order valence-corrected chi connectivity index (χ1v) is 8.87. The van der Waals surface area contributed by atoms with Crippen LogP contribution in [-0.2, 0) is 11.3 Å². The number of carbonyl (C=O) groups excluding carboxylic acids is 2. The van der Waals surface area contributed by atoms with Crippen molar-refractivity contribution >= 4 is 23.2 Å². The highest BCUT2D eigenvalue weighted by atomic mass is 16.5. The predicted molar refractivity (Wildman–Crippen MR) is 107 cm³/mol. The maximum atomic E-state index is 12.6. The van der Waals surface area contributed by atoms with Crippen molar-refractivity contribution in [2.45, 2.75) is 13.5 Å². The molecule has 2 N–H and O–H groups in total. The average molecular weight is 378 g/mol. The van der Waals surface area contributed by atoms with Crippen molar-refractivity contribution in [2.75, 3.05) is 24.2 Å². The highest BCUT2D eigenvalue weighted by molar-refractivity contribution is 6.10. The molecule has 0 saturated carbocycles. The lowest BCUT2D eigenvalue weighted by molar-refractivity contribution is -0.117. The molecule has 28 heavy (non-hydrogen) atoms. The van der Waals surface area contributed by atoms with Gasteiger partial charge in [-0.25, -0.2) is 0 Å². The molecule has 0 unspecified atom stereocenters. The van der Waals surface area contributed by atoms with Crippen LogP contribution in [0.15, 0.2) is 65.2 Å². The molecule has 7 heteroatoms. The lowest BCUT2D eigenvalue weighted by Gasteiger charge is -2.16. The third-order valence-electron chi connectivity index (χ3n) is 4.00. The van der Waals surface area contributed by atoms with Gasteiger partial charge in [-0.2, -0.15) is 0 Å². The third kappa shape index (κ3) is 5.28. The first kappa shape index (κ1) is 19.3. The van der Waals surface area contributed by atoms with E-state index in [2.05, 4.69) is 15.8 Å². The Morgan fingerprint density at radius 2 is 1.75 bits per heavy atom. The van der Waals surface area contributed by atoms with Gasteiger partial charge in [0.2, 0.25) is 5.91 Å². The quantitative estimate of drug-likeness (QED) is 0.659. The van der Waals surface area contributed by atoms with Crippen LogP contribution < -0.4 is 10.6 Å². The summed E-state index contributed by atoms with van der Waals surface area (Å²) in [5.74, 6) is 0.224. The van der Waals surface area contributed by atoms with E-state index in [1.807, 2.05) is 43.1 Å². The molecule has 3 rings (SSSR count). The molecule has 0 radical (unpaired) electrons. The zero-order valence-corrected chi connectivity index (χ0v) is 15.8. The predicted octanol–water partition coefficient (Wildman–Crippen LogP) is 3.31. The Hall–Kier alpha value is -3.45. The molecule has 1 aromatic heterocycles. The summed E-state index contributed by atoms with van der Waals surface area (Å²) in [6.07, 6.45) is 0. The van der Waals surface area contributed by atoms with Gasteiger partial charge in [-0.3, -0.25) is 14.5 Å². The van der Waals surface area contributed by atoms with Crippen LogP contribution in [0.1, 0.15) is 21.8 Å². The second-order valence-electron chi connectivity index (χ2n) is 6.52. The number of amides is 2. The van der Waals surface area contributed by atoms with Gasteiger partial charge in [0.15, 0.2) is 0 Å². The van der Waals surface area contributed by atoms with Crippen molar-refractivity contribution in [1.29, 1.82) is 0 Å². The van der Waals surface area contributed by atoms with Gasteiger partial charge in [0.25, 0.3) is 5.91 Å². The Balaban J connectivity index is 1.62. The Morgan fingerprint density at radius 3 is 2.46 bits per heavy atom. The largest absolute Gasteiger partial charge is 0.361 e. The molecule has 2 amide bonds. The van der Waals surface area contributed by atoms with Crippen molar-refractivity contribution in [3.8, 4) is 0 Å². The van der Waals surface area contributed by atoms with Gasteiger partial charge in [0.05, 0.1) is 23.5 Å². The van der Waals surface area contributed by atoms with Crippen LogP contribution in [0.2, 0.25) is 0 Å². The summed E-state index contributed by atoms with van der Waals surface area (Å²) >= 11 is 0. The Morgan fingerprint density at radius 1 is 1.04 bits per heavy atom. The molecule has 0 aliphatic heterocycles. The standard InChI is InChI=1S/C21H22N4O3/c1-15-12-17(24-28-15)13-25(2)14-20(26)23-19-11-7-6-10-18(19)21(27)22-16-8-4-3-5-9-16/h3-12H,13-14H2,1-2H3,(H,22,27)(H,23,26). The van der Waals surface area contributed by atoms with Gasteiger partial charge in [0, 0.05) is 18.3 Å². The van der Waals surface area contributed by atoms with E-state index in [0.717, 1.165) is 11.5 Å². The fourth-order valence-electron chi connectivity index (χ4n) is 2.77. The molecule has 0 spiro atoms. The van der Waals surface area contributed by atoms with Crippen molar-refractivity contribution in [1.82, 2.24) is 10.1 Å². The second-order valence-corrected chi connectivity index (χ2v) is 6.52. The number of rotatable bonds is 7. The van der Waals surface area contributed by atoms with Gasteiger partial charge >= 0.3 is 0 Å². The molecule has 7 nitrogen and oxygen atoms in total. The summed E-state index contributed by atoms with van der Waals surface area (Å²) in [5, 5.41) is 9.57. The molecular formula is C21H22N4O3. The monoisotopic (exact) mass is 378 g/mol. The first-order valence-electron chi connectivity index (χ1n) is 8.87. The third-order valence-corrected chi connectivity index (χ3v) is 4.00. The van der Waals surface area contributed by atoms with Gasteiger partial charge in [0.1, 0.15) is 5.76 Å². The van der Waals surface area contributed by atoms with Crippen LogP contribution in [0.5, 0.6) is 0 Å². The molecule has 144 valence electrons. The summed E-state index contributed by atoms with van der Waals surface area (Å²) < 4.78 is 5.04. The molecular weight excluding hydrogens is 356 g/mol. The average Bonchev–Trinajstić information content (AvgIpc) is 3.07. The molecule has 0 saturated heterocycles. The van der Waals surface area contributed by atoms with Gasteiger partial charge in [-0.05, 0) is 38.2 Å². The summed E-state index contributed by atoms with van der Waals surface area (Å²) in [6.45, 7) is 2.46.